The molecule has 1 unspecified atom stereocenters. The molecule has 19 heavy (non-hydrogen) atoms. The highest BCUT2D eigenvalue weighted by molar-refractivity contribution is 14.0. The molecule has 0 aliphatic carbocycles. The number of hydrogen-bond acceptors (Lipinski definition) is 2. The number of nitrogens with one attached hydrogen (secondary N) is 1. The lowest BCUT2D eigenvalue weighted by molar-refractivity contribution is 0.181. The van der Waals surface area contributed by atoms with Crippen LogP contribution in [0.4, 0.5) is 0 Å². The minimum atomic E-state index is 0. The van der Waals surface area contributed by atoms with E-state index < -0.39 is 0 Å². The Labute approximate surface area is 135 Å². The molecule has 0 bridgehead atoms. The van der Waals surface area contributed by atoms with E-state index in [1.165, 1.54) is 45.3 Å². The predicted molar refractivity (Wildman–Crippen MR) is 94.3 cm³/mol. The summed E-state index contributed by atoms with van der Waals surface area (Å²) in [6.45, 7) is 10.0. The Balaban J connectivity index is 0.00000324. The highest BCUT2D eigenvalue weighted by Crippen LogP contribution is 2.15. The minimum absolute atomic E-state index is 0. The van der Waals surface area contributed by atoms with Crippen LogP contribution in [0, 0.1) is 5.92 Å². The molecule has 3 N–H and O–H groups in total. The lowest BCUT2D eigenvalue weighted by atomic mass is 10.0. The summed E-state index contributed by atoms with van der Waals surface area (Å²) in [6.07, 6.45) is 6.25. The molecule has 1 aliphatic heterocycles. The van der Waals surface area contributed by atoms with Crippen LogP contribution in [0.3, 0.4) is 0 Å². The largest absolute Gasteiger partial charge is 0.370 e. The van der Waals surface area contributed by atoms with Gasteiger partial charge in [0.15, 0.2) is 5.96 Å². The molecule has 0 radical (unpaired) electrons. The van der Waals surface area contributed by atoms with Crippen molar-refractivity contribution in [3.05, 3.63) is 0 Å². The van der Waals surface area contributed by atoms with Crippen molar-refractivity contribution in [2.24, 2.45) is 16.6 Å². The first-order valence-electron chi connectivity index (χ1n) is 7.48. The van der Waals surface area contributed by atoms with Crippen LogP contribution < -0.4 is 11.1 Å². The van der Waals surface area contributed by atoms with Crippen molar-refractivity contribution in [3.63, 3.8) is 0 Å². The molecule has 5 heteroatoms. The Kier molecular flexibility index (Phi) is 11.7. The first-order valence-corrected chi connectivity index (χ1v) is 7.48. The number of halogens is 1. The third kappa shape index (κ3) is 9.49. The zero-order chi connectivity index (χ0) is 13.2. The van der Waals surface area contributed by atoms with Crippen LogP contribution >= 0.6 is 24.0 Å². The van der Waals surface area contributed by atoms with Crippen molar-refractivity contribution in [3.8, 4) is 0 Å². The Bertz CT molecular complexity index is 246. The third-order valence-corrected chi connectivity index (χ3v) is 3.45. The van der Waals surface area contributed by atoms with Gasteiger partial charge in [-0.25, -0.2) is 0 Å². The van der Waals surface area contributed by atoms with E-state index in [-0.39, 0.29) is 24.0 Å². The molecule has 1 aliphatic rings. The van der Waals surface area contributed by atoms with Crippen molar-refractivity contribution >= 4 is 29.9 Å². The highest BCUT2D eigenvalue weighted by Gasteiger charge is 2.14. The highest BCUT2D eigenvalue weighted by atomic mass is 127. The molecule has 1 atom stereocenters. The first kappa shape index (κ1) is 19.0. The number of hydrogen-bond donors (Lipinski definition) is 2. The molecule has 1 fully saturated rings. The van der Waals surface area contributed by atoms with Crippen LogP contribution in [-0.4, -0.2) is 43.6 Å². The molecule has 114 valence electrons. The lowest BCUT2D eigenvalue weighted by Gasteiger charge is -2.30. The fourth-order valence-corrected chi connectivity index (χ4v) is 2.45. The van der Waals surface area contributed by atoms with E-state index in [0.717, 1.165) is 25.4 Å². The maximum absolute atomic E-state index is 5.73. The van der Waals surface area contributed by atoms with Crippen LogP contribution in [0.2, 0.25) is 0 Å². The number of likely N-dealkylation sites (tertiary alicyclic amines) is 1. The fourth-order valence-electron chi connectivity index (χ4n) is 2.45. The molecule has 1 saturated heterocycles. The molecule has 0 amide bonds. The van der Waals surface area contributed by atoms with Crippen LogP contribution in [0.25, 0.3) is 0 Å². The molecule has 0 saturated carbocycles. The molecule has 0 aromatic rings. The second-order valence-electron chi connectivity index (χ2n) is 5.45. The van der Waals surface area contributed by atoms with Gasteiger partial charge in [0.25, 0.3) is 0 Å². The zero-order valence-corrected chi connectivity index (χ0v) is 14.9. The standard InChI is InChI=1S/C14H30N4.HI/c1-3-8-16-14(15)17-9-4-5-10-18-11-6-7-13(2)12-18;/h13H,3-12H2,1-2H3,(H3,15,16,17);1H. The van der Waals surface area contributed by atoms with Crippen LogP contribution in [0.15, 0.2) is 4.99 Å². The molecule has 0 aromatic heterocycles. The fraction of sp³-hybridized carbons (Fsp3) is 0.929. The van der Waals surface area contributed by atoms with E-state index in [1.807, 2.05) is 0 Å². The van der Waals surface area contributed by atoms with Gasteiger partial charge in [-0.3, -0.25) is 4.99 Å². The summed E-state index contributed by atoms with van der Waals surface area (Å²) in [6, 6.07) is 0. The van der Waals surface area contributed by atoms with Gasteiger partial charge in [0, 0.05) is 19.6 Å². The number of nitrogens with two attached hydrogens (primary N) is 1. The Morgan fingerprint density at radius 2 is 2.21 bits per heavy atom. The van der Waals surface area contributed by atoms with Gasteiger partial charge in [0.1, 0.15) is 0 Å². The third-order valence-electron chi connectivity index (χ3n) is 3.45. The Hall–Kier alpha value is -0.0400. The maximum Gasteiger partial charge on any atom is 0.188 e. The van der Waals surface area contributed by atoms with Crippen LogP contribution in [0.5, 0.6) is 0 Å². The monoisotopic (exact) mass is 382 g/mol. The Morgan fingerprint density at radius 1 is 1.42 bits per heavy atom. The van der Waals surface area contributed by atoms with Crippen molar-refractivity contribution in [2.75, 3.05) is 32.7 Å². The zero-order valence-electron chi connectivity index (χ0n) is 12.5. The topological polar surface area (TPSA) is 53.6 Å². The summed E-state index contributed by atoms with van der Waals surface area (Å²) in [4.78, 5) is 6.81. The maximum atomic E-state index is 5.73. The van der Waals surface area contributed by atoms with Crippen molar-refractivity contribution in [1.29, 1.82) is 0 Å². The van der Waals surface area contributed by atoms with E-state index in [0.29, 0.717) is 5.96 Å². The number of unbranched alkanes of at least 4 members (excludes halogenated alkanes) is 1. The Morgan fingerprint density at radius 3 is 2.89 bits per heavy atom. The average Bonchev–Trinajstić information content (AvgIpc) is 2.36. The van der Waals surface area contributed by atoms with E-state index in [1.54, 1.807) is 0 Å². The number of rotatable bonds is 7. The molecule has 1 heterocycles. The quantitative estimate of drug-likeness (QED) is 0.308. The SMILES string of the molecule is CCCN=C(N)NCCCCN1CCCC(C)C1.I. The van der Waals surface area contributed by atoms with Gasteiger partial charge in [-0.1, -0.05) is 13.8 Å². The summed E-state index contributed by atoms with van der Waals surface area (Å²) in [7, 11) is 0. The molecular formula is C14H31IN4. The normalized spacial score (nSPS) is 20.9. The molecule has 0 aromatic carbocycles. The second kappa shape index (κ2) is 11.8. The number of aliphatic imine (C=N–C) groups is 1. The van der Waals surface area contributed by atoms with Crippen molar-refractivity contribution < 1.29 is 0 Å². The number of piperidine rings is 1. The molecular weight excluding hydrogens is 351 g/mol. The van der Waals surface area contributed by atoms with Gasteiger partial charge in [-0.15, -0.1) is 24.0 Å². The van der Waals surface area contributed by atoms with E-state index in [4.69, 9.17) is 5.73 Å². The minimum Gasteiger partial charge on any atom is -0.370 e. The summed E-state index contributed by atoms with van der Waals surface area (Å²) < 4.78 is 0. The van der Waals surface area contributed by atoms with Crippen LogP contribution in [-0.2, 0) is 0 Å². The molecule has 4 nitrogen and oxygen atoms in total. The first-order chi connectivity index (χ1) is 8.72. The second-order valence-corrected chi connectivity index (χ2v) is 5.45. The molecule has 1 rings (SSSR count). The van der Waals surface area contributed by atoms with Gasteiger partial charge in [-0.2, -0.15) is 0 Å². The predicted octanol–water partition coefficient (Wildman–Crippen LogP) is 2.43. The number of guanidine groups is 1. The summed E-state index contributed by atoms with van der Waals surface area (Å²) in [5.41, 5.74) is 5.73. The van der Waals surface area contributed by atoms with Gasteiger partial charge < -0.3 is 16.0 Å². The van der Waals surface area contributed by atoms with E-state index >= 15 is 0 Å². The van der Waals surface area contributed by atoms with Crippen molar-refractivity contribution in [1.82, 2.24) is 10.2 Å². The summed E-state index contributed by atoms with van der Waals surface area (Å²) in [5.74, 6) is 1.48. The van der Waals surface area contributed by atoms with Gasteiger partial charge >= 0.3 is 0 Å². The van der Waals surface area contributed by atoms with Gasteiger partial charge in [-0.05, 0) is 51.1 Å². The van der Waals surface area contributed by atoms with E-state index in [9.17, 15) is 0 Å². The van der Waals surface area contributed by atoms with Gasteiger partial charge in [0.2, 0.25) is 0 Å². The smallest absolute Gasteiger partial charge is 0.188 e. The average molecular weight is 382 g/mol. The lowest BCUT2D eigenvalue weighted by Crippen LogP contribution is -2.36. The summed E-state index contributed by atoms with van der Waals surface area (Å²) >= 11 is 0. The van der Waals surface area contributed by atoms with Crippen LogP contribution in [0.1, 0.15) is 46.0 Å². The van der Waals surface area contributed by atoms with E-state index in [2.05, 4.69) is 29.1 Å². The molecule has 0 spiro atoms. The number of nitrogens with zero attached hydrogens (tertiary/aromatic N) is 2. The van der Waals surface area contributed by atoms with Gasteiger partial charge in [0.05, 0.1) is 0 Å². The summed E-state index contributed by atoms with van der Waals surface area (Å²) in [5, 5.41) is 3.17. The van der Waals surface area contributed by atoms with Crippen molar-refractivity contribution in [2.45, 2.75) is 46.0 Å².